The maximum absolute atomic E-state index is 11.1. The molecule has 3 aromatic heterocycles. The first-order valence-corrected chi connectivity index (χ1v) is 8.15. The molecule has 0 saturated heterocycles. The average molecular weight is 335 g/mol. The monoisotopic (exact) mass is 335 g/mol. The van der Waals surface area contributed by atoms with Crippen molar-refractivity contribution in [3.05, 3.63) is 41.9 Å². The molecule has 1 aliphatic carbocycles. The number of carbonyl (C=O) groups is 1. The van der Waals surface area contributed by atoms with Gasteiger partial charge in [0.05, 0.1) is 11.7 Å². The first-order chi connectivity index (χ1) is 12.1. The van der Waals surface area contributed by atoms with Gasteiger partial charge in [-0.3, -0.25) is 14.8 Å². The van der Waals surface area contributed by atoms with Gasteiger partial charge in [-0.15, -0.1) is 0 Å². The Bertz CT molecular complexity index is 973. The quantitative estimate of drug-likeness (QED) is 0.780. The van der Waals surface area contributed by atoms with Gasteiger partial charge in [0.15, 0.2) is 5.82 Å². The Balaban J connectivity index is 1.82. The number of rotatable bonds is 4. The highest BCUT2D eigenvalue weighted by Gasteiger charge is 2.23. The molecule has 25 heavy (non-hydrogen) atoms. The highest BCUT2D eigenvalue weighted by atomic mass is 16.4. The number of aryl methyl sites for hydroxylation is 1. The highest BCUT2D eigenvalue weighted by Crippen LogP contribution is 2.30. The van der Waals surface area contributed by atoms with Gasteiger partial charge in [0.2, 0.25) is 0 Å². The lowest BCUT2D eigenvalue weighted by atomic mass is 10.2. The predicted octanol–water partition coefficient (Wildman–Crippen LogP) is 2.10. The first-order valence-electron chi connectivity index (χ1n) is 8.15. The Hall–Kier alpha value is -3.09. The standard InChI is InChI=1S/C18H17N5O2/c1-23(10-16(24)25)18-12-5-2-6-13(12)21-17(22-18)14-8-11-4-3-7-19-15(11)9-20-14/h3-4,7-9H,2,5-6,10H2,1H3,(H,24,25). The zero-order valence-electron chi connectivity index (χ0n) is 13.8. The van der Waals surface area contributed by atoms with E-state index in [1.807, 2.05) is 18.2 Å². The van der Waals surface area contributed by atoms with Crippen molar-refractivity contribution in [1.82, 2.24) is 19.9 Å². The van der Waals surface area contributed by atoms with Crippen LogP contribution in [0.2, 0.25) is 0 Å². The molecule has 0 radical (unpaired) electrons. The smallest absolute Gasteiger partial charge is 0.323 e. The van der Waals surface area contributed by atoms with Gasteiger partial charge in [-0.25, -0.2) is 9.97 Å². The molecule has 1 aliphatic rings. The van der Waals surface area contributed by atoms with E-state index in [9.17, 15) is 4.79 Å². The third-order valence-corrected chi connectivity index (χ3v) is 4.36. The van der Waals surface area contributed by atoms with Crippen LogP contribution in [0.1, 0.15) is 17.7 Å². The van der Waals surface area contributed by atoms with Gasteiger partial charge in [0.25, 0.3) is 0 Å². The van der Waals surface area contributed by atoms with E-state index in [1.165, 1.54) is 0 Å². The Labute approximate surface area is 144 Å². The van der Waals surface area contributed by atoms with Crippen molar-refractivity contribution < 1.29 is 9.90 Å². The number of likely N-dealkylation sites (N-methyl/N-ethyl adjacent to an activating group) is 1. The molecule has 7 heteroatoms. The van der Waals surface area contributed by atoms with Gasteiger partial charge >= 0.3 is 5.97 Å². The van der Waals surface area contributed by atoms with Gasteiger partial charge in [-0.05, 0) is 31.4 Å². The molecule has 0 aromatic carbocycles. The summed E-state index contributed by atoms with van der Waals surface area (Å²) in [6.07, 6.45) is 6.21. The second-order valence-corrected chi connectivity index (χ2v) is 6.17. The summed E-state index contributed by atoms with van der Waals surface area (Å²) < 4.78 is 0. The summed E-state index contributed by atoms with van der Waals surface area (Å²) in [4.78, 5) is 30.8. The van der Waals surface area contributed by atoms with Crippen molar-refractivity contribution in [2.75, 3.05) is 18.5 Å². The van der Waals surface area contributed by atoms with Gasteiger partial charge in [0, 0.05) is 29.9 Å². The molecule has 0 unspecified atom stereocenters. The molecular weight excluding hydrogens is 318 g/mol. The van der Waals surface area contributed by atoms with E-state index in [0.29, 0.717) is 17.3 Å². The minimum absolute atomic E-state index is 0.0992. The van der Waals surface area contributed by atoms with Crippen molar-refractivity contribution >= 4 is 22.7 Å². The molecule has 0 amide bonds. The van der Waals surface area contributed by atoms with Crippen LogP contribution >= 0.6 is 0 Å². The molecule has 0 fully saturated rings. The van der Waals surface area contributed by atoms with Crippen LogP contribution in [0.4, 0.5) is 5.82 Å². The van der Waals surface area contributed by atoms with E-state index < -0.39 is 5.97 Å². The van der Waals surface area contributed by atoms with Gasteiger partial charge in [-0.1, -0.05) is 6.07 Å². The average Bonchev–Trinajstić information content (AvgIpc) is 3.08. The van der Waals surface area contributed by atoms with Crippen LogP contribution in [0.15, 0.2) is 30.6 Å². The number of aromatic nitrogens is 4. The highest BCUT2D eigenvalue weighted by molar-refractivity contribution is 5.81. The number of pyridine rings is 2. The van der Waals surface area contributed by atoms with E-state index >= 15 is 0 Å². The fourth-order valence-electron chi connectivity index (χ4n) is 3.22. The normalized spacial score (nSPS) is 13.0. The minimum Gasteiger partial charge on any atom is -0.480 e. The largest absolute Gasteiger partial charge is 0.480 e. The first kappa shape index (κ1) is 15.4. The van der Waals surface area contributed by atoms with Crippen molar-refractivity contribution in [1.29, 1.82) is 0 Å². The third-order valence-electron chi connectivity index (χ3n) is 4.36. The topological polar surface area (TPSA) is 92.1 Å². The maximum atomic E-state index is 11.1. The van der Waals surface area contributed by atoms with E-state index in [4.69, 9.17) is 5.11 Å². The molecule has 4 rings (SSSR count). The minimum atomic E-state index is -0.885. The summed E-state index contributed by atoms with van der Waals surface area (Å²) in [6, 6.07) is 5.76. The lowest BCUT2D eigenvalue weighted by molar-refractivity contribution is -0.135. The van der Waals surface area contributed by atoms with Crippen molar-refractivity contribution in [2.24, 2.45) is 0 Å². The summed E-state index contributed by atoms with van der Waals surface area (Å²) >= 11 is 0. The number of anilines is 1. The number of aliphatic carboxylic acids is 1. The molecule has 126 valence electrons. The summed E-state index contributed by atoms with van der Waals surface area (Å²) in [5.41, 5.74) is 3.52. The molecule has 0 atom stereocenters. The van der Waals surface area contributed by atoms with Crippen LogP contribution in [-0.2, 0) is 17.6 Å². The van der Waals surface area contributed by atoms with Crippen LogP contribution in [0.25, 0.3) is 22.4 Å². The summed E-state index contributed by atoms with van der Waals surface area (Å²) in [5, 5.41) is 10.1. The molecular formula is C18H17N5O2. The second-order valence-electron chi connectivity index (χ2n) is 6.17. The molecule has 3 heterocycles. The zero-order chi connectivity index (χ0) is 17.4. The molecule has 0 bridgehead atoms. The molecule has 7 nitrogen and oxygen atoms in total. The summed E-state index contributed by atoms with van der Waals surface area (Å²) in [7, 11) is 1.75. The molecule has 0 spiro atoms. The molecule has 0 saturated carbocycles. The van der Waals surface area contributed by atoms with E-state index in [-0.39, 0.29) is 6.54 Å². The van der Waals surface area contributed by atoms with Gasteiger partial charge in [-0.2, -0.15) is 0 Å². The van der Waals surface area contributed by atoms with Crippen LogP contribution < -0.4 is 4.90 Å². The predicted molar refractivity (Wildman–Crippen MR) is 93.5 cm³/mol. The molecule has 0 aliphatic heterocycles. The van der Waals surface area contributed by atoms with E-state index in [0.717, 1.165) is 41.4 Å². The SMILES string of the molecule is CN(CC(=O)O)c1nc(-c2cc3cccnc3cn2)nc2c1CCC2. The lowest BCUT2D eigenvalue weighted by Gasteiger charge is -2.19. The van der Waals surface area contributed by atoms with Gasteiger partial charge in [0.1, 0.15) is 18.1 Å². The van der Waals surface area contributed by atoms with Crippen molar-refractivity contribution in [3.63, 3.8) is 0 Å². The van der Waals surface area contributed by atoms with Crippen molar-refractivity contribution in [2.45, 2.75) is 19.3 Å². The maximum Gasteiger partial charge on any atom is 0.323 e. The van der Waals surface area contributed by atoms with E-state index in [1.54, 1.807) is 24.3 Å². The zero-order valence-corrected chi connectivity index (χ0v) is 13.8. The van der Waals surface area contributed by atoms with Crippen LogP contribution in [-0.4, -0.2) is 44.6 Å². The number of fused-ring (bicyclic) bond motifs is 2. The second kappa shape index (κ2) is 6.08. The fourth-order valence-corrected chi connectivity index (χ4v) is 3.22. The molecule has 3 aromatic rings. The third kappa shape index (κ3) is 2.88. The van der Waals surface area contributed by atoms with Crippen LogP contribution in [0.3, 0.4) is 0 Å². The number of carboxylic acid groups (broad SMARTS) is 1. The number of hydrogen-bond donors (Lipinski definition) is 1. The Morgan fingerprint density at radius 1 is 1.28 bits per heavy atom. The number of hydrogen-bond acceptors (Lipinski definition) is 6. The Kier molecular flexibility index (Phi) is 3.76. The van der Waals surface area contributed by atoms with Crippen molar-refractivity contribution in [3.8, 4) is 11.5 Å². The molecule has 1 N–H and O–H groups in total. The van der Waals surface area contributed by atoms with E-state index in [2.05, 4.69) is 19.9 Å². The van der Waals surface area contributed by atoms with Crippen LogP contribution in [0, 0.1) is 0 Å². The lowest BCUT2D eigenvalue weighted by Crippen LogP contribution is -2.27. The fraction of sp³-hybridized carbons (Fsp3) is 0.278. The number of carboxylic acids is 1. The van der Waals surface area contributed by atoms with Gasteiger partial charge < -0.3 is 10.0 Å². The van der Waals surface area contributed by atoms with Crippen LogP contribution in [0.5, 0.6) is 0 Å². The number of nitrogens with zero attached hydrogens (tertiary/aromatic N) is 5. The Morgan fingerprint density at radius 2 is 2.16 bits per heavy atom. The Morgan fingerprint density at radius 3 is 3.00 bits per heavy atom. The summed E-state index contributed by atoms with van der Waals surface area (Å²) in [5.74, 6) is 0.330. The summed E-state index contributed by atoms with van der Waals surface area (Å²) in [6.45, 7) is -0.0992.